The van der Waals surface area contributed by atoms with Gasteiger partial charge in [0.15, 0.2) is 0 Å². The van der Waals surface area contributed by atoms with Gasteiger partial charge in [0.1, 0.15) is 0 Å². The Hall–Kier alpha value is -1.02. The Morgan fingerprint density at radius 3 is 2.50 bits per heavy atom. The molecule has 0 fully saturated rings. The third-order valence-corrected chi connectivity index (χ3v) is 4.73. The van der Waals surface area contributed by atoms with Gasteiger partial charge in [-0.05, 0) is 48.7 Å². The van der Waals surface area contributed by atoms with Crippen molar-refractivity contribution in [1.29, 1.82) is 0 Å². The fourth-order valence-electron chi connectivity index (χ4n) is 2.99. The Bertz CT molecular complexity index is 674. The van der Waals surface area contributed by atoms with E-state index in [4.69, 9.17) is 24.6 Å². The van der Waals surface area contributed by atoms with Crippen LogP contribution in [0.4, 0.5) is 0 Å². The lowest BCUT2D eigenvalue weighted by molar-refractivity contribution is 0.471. The number of fused-ring (bicyclic) bond motifs is 1. The second-order valence-corrected chi connectivity index (χ2v) is 5.90. The van der Waals surface area contributed by atoms with Gasteiger partial charge in [-0.1, -0.05) is 53.5 Å². The van der Waals surface area contributed by atoms with Crippen LogP contribution in [-0.2, 0) is 0 Å². The fraction of sp³-hybridized carbons (Fsp3) is 0.294. The monoisotopic (exact) mass is 306 g/mol. The maximum atomic E-state index is 8.62. The Kier molecular flexibility index (Phi) is 3.66. The molecule has 0 spiro atoms. The summed E-state index contributed by atoms with van der Waals surface area (Å²) in [6.45, 7) is 0. The highest BCUT2D eigenvalue weighted by Crippen LogP contribution is 2.42. The molecule has 3 rings (SSSR count). The van der Waals surface area contributed by atoms with Crippen molar-refractivity contribution in [2.24, 2.45) is 0 Å². The Balaban J connectivity index is 2.09. The first kappa shape index (κ1) is 12.7. The lowest BCUT2D eigenvalue weighted by atomic mass is 9.77. The second-order valence-electron chi connectivity index (χ2n) is 5.08. The molecule has 3 heteroatoms. The maximum absolute atomic E-state index is 8.62. The average molecular weight is 307 g/mol. The van der Waals surface area contributed by atoms with E-state index in [2.05, 4.69) is 11.4 Å². The predicted molar refractivity (Wildman–Crippen MR) is 85.8 cm³/mol. The largest absolute Gasteiger partial charge is 0.313 e. The van der Waals surface area contributed by atoms with Crippen LogP contribution >= 0.6 is 23.2 Å². The summed E-state index contributed by atoms with van der Waals surface area (Å²) in [5.41, 5.74) is 3.41. The zero-order valence-corrected chi connectivity index (χ0v) is 12.8. The summed E-state index contributed by atoms with van der Waals surface area (Å²) in [4.78, 5) is 0. The van der Waals surface area contributed by atoms with Gasteiger partial charge in [0.2, 0.25) is 0 Å². The van der Waals surface area contributed by atoms with Gasteiger partial charge < -0.3 is 5.32 Å². The molecular formula is C17H17Cl2N. The normalized spacial score (nSPS) is 25.9. The number of rotatable bonds is 2. The van der Waals surface area contributed by atoms with Gasteiger partial charge in [0.25, 0.3) is 0 Å². The molecule has 0 bridgehead atoms. The van der Waals surface area contributed by atoms with Crippen LogP contribution in [-0.4, -0.2) is 7.05 Å². The van der Waals surface area contributed by atoms with Crippen molar-refractivity contribution in [3.63, 3.8) is 0 Å². The molecule has 0 aliphatic heterocycles. The molecule has 0 heterocycles. The molecule has 1 N–H and O–H groups in total. The highest BCUT2D eigenvalue weighted by molar-refractivity contribution is 6.42. The Morgan fingerprint density at radius 1 is 1.05 bits per heavy atom. The first-order valence-electron chi connectivity index (χ1n) is 7.28. The van der Waals surface area contributed by atoms with E-state index in [1.807, 2.05) is 43.4 Å². The van der Waals surface area contributed by atoms with E-state index in [-0.39, 0.29) is 5.92 Å². The van der Waals surface area contributed by atoms with Crippen molar-refractivity contribution in [3.8, 4) is 0 Å². The van der Waals surface area contributed by atoms with Gasteiger partial charge in [-0.15, -0.1) is 0 Å². The zero-order valence-electron chi connectivity index (χ0n) is 12.3. The molecular weight excluding hydrogens is 289 g/mol. The van der Waals surface area contributed by atoms with E-state index in [0.29, 0.717) is 10.0 Å². The van der Waals surface area contributed by atoms with Crippen molar-refractivity contribution >= 4 is 23.2 Å². The minimum atomic E-state index is -0.705. The van der Waals surface area contributed by atoms with E-state index in [1.165, 1.54) is 5.56 Å². The molecule has 1 aliphatic rings. The van der Waals surface area contributed by atoms with Crippen LogP contribution in [0.1, 0.15) is 42.8 Å². The van der Waals surface area contributed by atoms with Crippen LogP contribution in [0.2, 0.25) is 10.0 Å². The molecule has 0 amide bonds. The van der Waals surface area contributed by atoms with Crippen LogP contribution in [0.25, 0.3) is 0 Å². The van der Waals surface area contributed by atoms with Gasteiger partial charge in [-0.25, -0.2) is 0 Å². The van der Waals surface area contributed by atoms with Gasteiger partial charge in [0, 0.05) is 11.9 Å². The highest BCUT2D eigenvalue weighted by Gasteiger charge is 2.27. The first-order chi connectivity index (χ1) is 10.0. The smallest absolute Gasteiger partial charge is 0.0595 e. The molecule has 0 saturated carbocycles. The van der Waals surface area contributed by atoms with Crippen molar-refractivity contribution in [1.82, 2.24) is 5.32 Å². The van der Waals surface area contributed by atoms with E-state index in [1.54, 1.807) is 0 Å². The van der Waals surface area contributed by atoms with Gasteiger partial charge in [-0.2, -0.15) is 0 Å². The summed E-state index contributed by atoms with van der Waals surface area (Å²) >= 11 is 12.2. The number of nitrogens with one attached hydrogen (secondary N) is 1. The summed E-state index contributed by atoms with van der Waals surface area (Å²) in [5, 5.41) is 4.31. The second kappa shape index (κ2) is 5.77. The lowest BCUT2D eigenvalue weighted by Crippen LogP contribution is -2.24. The van der Waals surface area contributed by atoms with Crippen LogP contribution in [0.5, 0.6) is 0 Å². The standard InChI is InChI=1S/C17H17Cl2N/c1-20-17-9-7-12(13-4-2-3-5-14(13)17)11-6-8-15(18)16(19)10-11/h2-6,8,10,12,17,20H,7,9H2,1H3/t12-,17-/m0/s1/i17D. The van der Waals surface area contributed by atoms with Crippen LogP contribution in [0.15, 0.2) is 42.5 Å². The molecule has 1 aliphatic carbocycles. The van der Waals surface area contributed by atoms with E-state index >= 15 is 0 Å². The molecule has 20 heavy (non-hydrogen) atoms. The molecule has 0 aromatic heterocycles. The molecule has 0 radical (unpaired) electrons. The molecule has 104 valence electrons. The topological polar surface area (TPSA) is 12.0 Å². The van der Waals surface area contributed by atoms with E-state index in [9.17, 15) is 0 Å². The molecule has 2 aromatic carbocycles. The Labute approximate surface area is 131 Å². The zero-order chi connectivity index (χ0) is 15.0. The predicted octanol–water partition coefficient (Wildman–Crippen LogP) is 5.18. The highest BCUT2D eigenvalue weighted by atomic mass is 35.5. The van der Waals surface area contributed by atoms with Gasteiger partial charge >= 0.3 is 0 Å². The summed E-state index contributed by atoms with van der Waals surface area (Å²) in [7, 11) is 1.85. The van der Waals surface area contributed by atoms with Crippen molar-refractivity contribution in [3.05, 3.63) is 69.2 Å². The summed E-state index contributed by atoms with van der Waals surface area (Å²) < 4.78 is 8.62. The molecule has 0 saturated heterocycles. The number of benzene rings is 2. The molecule has 2 aromatic rings. The third-order valence-electron chi connectivity index (χ3n) is 3.99. The summed E-state index contributed by atoms with van der Waals surface area (Å²) in [6, 6.07) is 13.3. The molecule has 0 unspecified atom stereocenters. The fourth-order valence-corrected chi connectivity index (χ4v) is 3.30. The summed E-state index contributed by atoms with van der Waals surface area (Å²) in [6.07, 6.45) is 1.69. The third kappa shape index (κ3) is 2.46. The van der Waals surface area contributed by atoms with E-state index < -0.39 is 6.02 Å². The minimum absolute atomic E-state index is 0.266. The quantitative estimate of drug-likeness (QED) is 0.806. The number of hydrogen-bond donors (Lipinski definition) is 1. The minimum Gasteiger partial charge on any atom is -0.313 e. The molecule has 1 nitrogen and oxygen atoms in total. The Morgan fingerprint density at radius 2 is 1.80 bits per heavy atom. The van der Waals surface area contributed by atoms with Crippen LogP contribution in [0.3, 0.4) is 0 Å². The van der Waals surface area contributed by atoms with Crippen molar-refractivity contribution in [2.75, 3.05) is 7.05 Å². The van der Waals surface area contributed by atoms with Gasteiger partial charge in [-0.3, -0.25) is 0 Å². The van der Waals surface area contributed by atoms with Crippen LogP contribution in [0, 0.1) is 0 Å². The average Bonchev–Trinajstić information content (AvgIpc) is 2.51. The van der Waals surface area contributed by atoms with E-state index in [0.717, 1.165) is 24.0 Å². The van der Waals surface area contributed by atoms with Crippen molar-refractivity contribution < 1.29 is 1.37 Å². The first-order valence-corrected chi connectivity index (χ1v) is 7.54. The lowest BCUT2D eigenvalue weighted by Gasteiger charge is -2.32. The maximum Gasteiger partial charge on any atom is 0.0595 e. The van der Waals surface area contributed by atoms with Crippen LogP contribution < -0.4 is 5.32 Å². The SMILES string of the molecule is [2H][C@]1(NC)CC[C@@H](c2ccc(Cl)c(Cl)c2)c2ccccc21. The van der Waals surface area contributed by atoms with Crippen molar-refractivity contribution in [2.45, 2.75) is 24.8 Å². The number of hydrogen-bond acceptors (Lipinski definition) is 1. The number of halogens is 2. The summed E-state index contributed by atoms with van der Waals surface area (Å²) in [5.74, 6) is 0.266. The van der Waals surface area contributed by atoms with Gasteiger partial charge in [0.05, 0.1) is 11.4 Å². The molecule has 2 atom stereocenters.